The minimum atomic E-state index is -0.00185. The molecule has 0 saturated heterocycles. The van der Waals surface area contributed by atoms with E-state index in [1.165, 1.54) is 0 Å². The van der Waals surface area contributed by atoms with Crippen LogP contribution in [-0.4, -0.2) is 50.4 Å². The van der Waals surface area contributed by atoms with E-state index >= 15 is 0 Å². The first-order chi connectivity index (χ1) is 15.1. The van der Waals surface area contributed by atoms with Crippen LogP contribution in [-0.2, 0) is 0 Å². The molecular formula is C24H33N3O4. The third-order valence-electron chi connectivity index (χ3n) is 4.88. The molecule has 0 aliphatic rings. The van der Waals surface area contributed by atoms with E-state index in [0.717, 1.165) is 30.6 Å². The molecule has 0 fully saturated rings. The minimum Gasteiger partial charge on any atom is -0.494 e. The Hall–Kier alpha value is -3.22. The van der Waals surface area contributed by atoms with Gasteiger partial charge in [-0.2, -0.15) is 5.10 Å². The van der Waals surface area contributed by atoms with Crippen molar-refractivity contribution in [2.75, 3.05) is 33.4 Å². The normalized spacial score (nSPS) is 10.8. The number of hydrogen-bond donors (Lipinski definition) is 1. The molecular weight excluding hydrogens is 394 g/mol. The summed E-state index contributed by atoms with van der Waals surface area (Å²) in [7, 11) is 1.60. The molecule has 31 heavy (non-hydrogen) atoms. The van der Waals surface area contributed by atoms with Crippen molar-refractivity contribution in [3.63, 3.8) is 0 Å². The lowest BCUT2D eigenvalue weighted by atomic mass is 10.1. The molecule has 0 heterocycles. The van der Waals surface area contributed by atoms with Gasteiger partial charge in [-0.15, -0.1) is 0 Å². The van der Waals surface area contributed by atoms with E-state index in [2.05, 4.69) is 5.10 Å². The van der Waals surface area contributed by atoms with Gasteiger partial charge in [-0.1, -0.05) is 0 Å². The average molecular weight is 428 g/mol. The van der Waals surface area contributed by atoms with Gasteiger partial charge in [0.15, 0.2) is 11.5 Å². The fraction of sp³-hybridized carbons (Fsp3) is 0.417. The highest BCUT2D eigenvalue weighted by molar-refractivity contribution is 5.94. The predicted molar refractivity (Wildman–Crippen MR) is 123 cm³/mol. The second kappa shape index (κ2) is 13.2. The van der Waals surface area contributed by atoms with E-state index in [0.29, 0.717) is 43.4 Å². The molecule has 0 aliphatic carbocycles. The van der Waals surface area contributed by atoms with Crippen molar-refractivity contribution in [2.24, 2.45) is 10.9 Å². The first kappa shape index (κ1) is 24.1. The van der Waals surface area contributed by atoms with Gasteiger partial charge < -0.3 is 25.0 Å². The molecule has 0 unspecified atom stereocenters. The molecule has 0 atom stereocenters. The maximum Gasteiger partial charge on any atom is 0.253 e. The Morgan fingerprint density at radius 3 is 2.26 bits per heavy atom. The number of nitrogens with zero attached hydrogens (tertiary/aromatic N) is 2. The summed E-state index contributed by atoms with van der Waals surface area (Å²) in [5.74, 6) is 7.18. The number of carbonyl (C=O) groups excluding carboxylic acids is 1. The number of unbranched alkanes of at least 4 members (excludes halogenated alkanes) is 2. The van der Waals surface area contributed by atoms with E-state index in [9.17, 15) is 4.79 Å². The Balaban J connectivity index is 1.76. The molecule has 2 aromatic carbocycles. The monoisotopic (exact) mass is 427 g/mol. The molecule has 0 spiro atoms. The Bertz CT molecular complexity index is 833. The van der Waals surface area contributed by atoms with Gasteiger partial charge in [0.2, 0.25) is 0 Å². The van der Waals surface area contributed by atoms with Gasteiger partial charge in [0.05, 0.1) is 26.5 Å². The Labute approximate surface area is 184 Å². The quantitative estimate of drug-likeness (QED) is 0.225. The largest absolute Gasteiger partial charge is 0.494 e. The van der Waals surface area contributed by atoms with Gasteiger partial charge in [-0.25, -0.2) is 0 Å². The van der Waals surface area contributed by atoms with Gasteiger partial charge in [0.25, 0.3) is 5.91 Å². The van der Waals surface area contributed by atoms with E-state index in [4.69, 9.17) is 20.1 Å². The molecule has 168 valence electrons. The van der Waals surface area contributed by atoms with Gasteiger partial charge >= 0.3 is 0 Å². The fourth-order valence-electron chi connectivity index (χ4n) is 3.11. The van der Waals surface area contributed by atoms with Crippen LogP contribution in [0.4, 0.5) is 0 Å². The standard InChI is InChI=1S/C24H33N3O4/c1-4-27(5-2)24(28)20-11-14-22(29-3)23(17-20)31-16-8-6-7-15-30-21-12-9-19(10-13-21)18-26-25/h9-14,17-18H,4-8,15-16,25H2,1-3H3/b26-18+. The summed E-state index contributed by atoms with van der Waals surface area (Å²) in [6.07, 6.45) is 4.37. The first-order valence-corrected chi connectivity index (χ1v) is 10.7. The van der Waals surface area contributed by atoms with E-state index in [1.807, 2.05) is 38.1 Å². The summed E-state index contributed by atoms with van der Waals surface area (Å²) in [5.41, 5.74) is 1.54. The van der Waals surface area contributed by atoms with Gasteiger partial charge in [0.1, 0.15) is 5.75 Å². The molecule has 0 saturated carbocycles. The van der Waals surface area contributed by atoms with Gasteiger partial charge in [0, 0.05) is 18.7 Å². The number of methoxy groups -OCH3 is 1. The predicted octanol–water partition coefficient (Wildman–Crippen LogP) is 4.10. The van der Waals surface area contributed by atoms with Crippen molar-refractivity contribution in [3.8, 4) is 17.2 Å². The van der Waals surface area contributed by atoms with Crippen molar-refractivity contribution >= 4 is 12.1 Å². The highest BCUT2D eigenvalue weighted by atomic mass is 16.5. The second-order valence-corrected chi connectivity index (χ2v) is 6.95. The van der Waals surface area contributed by atoms with E-state index < -0.39 is 0 Å². The molecule has 0 aromatic heterocycles. The lowest BCUT2D eigenvalue weighted by Gasteiger charge is -2.19. The molecule has 2 rings (SSSR count). The van der Waals surface area contributed by atoms with Crippen molar-refractivity contribution in [3.05, 3.63) is 53.6 Å². The Kier molecular flexibility index (Phi) is 10.2. The van der Waals surface area contributed by atoms with Crippen LogP contribution in [0.25, 0.3) is 0 Å². The lowest BCUT2D eigenvalue weighted by molar-refractivity contribution is 0.0772. The molecule has 2 N–H and O–H groups in total. The van der Waals surface area contributed by atoms with Gasteiger partial charge in [-0.05, 0) is 81.1 Å². The summed E-state index contributed by atoms with van der Waals surface area (Å²) in [4.78, 5) is 14.4. The van der Waals surface area contributed by atoms with Crippen molar-refractivity contribution in [1.29, 1.82) is 0 Å². The van der Waals surface area contributed by atoms with Crippen LogP contribution < -0.4 is 20.1 Å². The van der Waals surface area contributed by atoms with Crippen LogP contribution in [0.3, 0.4) is 0 Å². The zero-order valence-corrected chi connectivity index (χ0v) is 18.7. The first-order valence-electron chi connectivity index (χ1n) is 10.7. The number of amides is 1. The number of carbonyl (C=O) groups is 1. The third kappa shape index (κ3) is 7.51. The molecule has 0 bridgehead atoms. The highest BCUT2D eigenvalue weighted by Crippen LogP contribution is 2.29. The third-order valence-corrected chi connectivity index (χ3v) is 4.88. The smallest absolute Gasteiger partial charge is 0.253 e. The van der Waals surface area contributed by atoms with Crippen LogP contribution in [0, 0.1) is 0 Å². The fourth-order valence-corrected chi connectivity index (χ4v) is 3.11. The summed E-state index contributed by atoms with van der Waals surface area (Å²) in [6.45, 7) is 6.47. The zero-order valence-electron chi connectivity index (χ0n) is 18.7. The number of nitrogens with two attached hydrogens (primary N) is 1. The molecule has 7 nitrogen and oxygen atoms in total. The molecule has 0 radical (unpaired) electrons. The second-order valence-electron chi connectivity index (χ2n) is 6.95. The van der Waals surface area contributed by atoms with Crippen LogP contribution in [0.1, 0.15) is 49.0 Å². The summed E-state index contributed by atoms with van der Waals surface area (Å²) < 4.78 is 17.0. The maximum absolute atomic E-state index is 12.6. The Morgan fingerprint density at radius 2 is 1.65 bits per heavy atom. The zero-order chi connectivity index (χ0) is 22.5. The van der Waals surface area contributed by atoms with Gasteiger partial charge in [-0.3, -0.25) is 4.79 Å². The lowest BCUT2D eigenvalue weighted by Crippen LogP contribution is -2.30. The van der Waals surface area contributed by atoms with Crippen LogP contribution >= 0.6 is 0 Å². The van der Waals surface area contributed by atoms with Crippen LogP contribution in [0.15, 0.2) is 47.6 Å². The molecule has 1 amide bonds. The maximum atomic E-state index is 12.6. The summed E-state index contributed by atoms with van der Waals surface area (Å²) in [6, 6.07) is 12.9. The van der Waals surface area contributed by atoms with Crippen LogP contribution in [0.2, 0.25) is 0 Å². The summed E-state index contributed by atoms with van der Waals surface area (Å²) in [5, 5.41) is 3.50. The molecule has 0 aliphatic heterocycles. The molecule has 2 aromatic rings. The van der Waals surface area contributed by atoms with Crippen molar-refractivity contribution < 1.29 is 19.0 Å². The SMILES string of the molecule is CCN(CC)C(=O)c1ccc(OC)c(OCCCCCOc2ccc(/C=N/N)cc2)c1. The van der Waals surface area contributed by atoms with Crippen molar-refractivity contribution in [1.82, 2.24) is 4.90 Å². The van der Waals surface area contributed by atoms with Crippen molar-refractivity contribution in [2.45, 2.75) is 33.1 Å². The van der Waals surface area contributed by atoms with E-state index in [-0.39, 0.29) is 5.91 Å². The number of benzene rings is 2. The highest BCUT2D eigenvalue weighted by Gasteiger charge is 2.15. The summed E-state index contributed by atoms with van der Waals surface area (Å²) >= 11 is 0. The van der Waals surface area contributed by atoms with E-state index in [1.54, 1.807) is 36.4 Å². The number of hydrazone groups is 1. The minimum absolute atomic E-state index is 0.00185. The Morgan fingerprint density at radius 1 is 0.968 bits per heavy atom. The average Bonchev–Trinajstić information content (AvgIpc) is 2.80. The number of rotatable bonds is 13. The van der Waals surface area contributed by atoms with Crippen LogP contribution in [0.5, 0.6) is 17.2 Å². The number of hydrogen-bond acceptors (Lipinski definition) is 6. The topological polar surface area (TPSA) is 86.4 Å². The molecule has 7 heteroatoms. The number of ether oxygens (including phenoxy) is 3.